The fraction of sp³-hybridized carbons (Fsp3) is 0.562. The second kappa shape index (κ2) is 8.12. The molecule has 6 heteroatoms. The Balaban J connectivity index is 2.04. The number of nitrogens with zero attached hydrogens (tertiary/aromatic N) is 2. The maximum Gasteiger partial charge on any atom is 0.254 e. The second-order valence-corrected chi connectivity index (χ2v) is 5.56. The van der Waals surface area contributed by atoms with Crippen LogP contribution in [0.2, 0.25) is 0 Å². The van der Waals surface area contributed by atoms with Crippen LogP contribution in [0, 0.1) is 0 Å². The van der Waals surface area contributed by atoms with E-state index in [1.54, 1.807) is 12.1 Å². The zero-order chi connectivity index (χ0) is 15.9. The van der Waals surface area contributed by atoms with E-state index < -0.39 is 0 Å². The van der Waals surface area contributed by atoms with Crippen molar-refractivity contribution in [2.24, 2.45) is 5.73 Å². The number of carbonyl (C=O) groups is 1. The molecule has 22 heavy (non-hydrogen) atoms. The van der Waals surface area contributed by atoms with E-state index in [2.05, 4.69) is 4.90 Å². The Morgan fingerprint density at radius 1 is 1.45 bits per heavy atom. The smallest absolute Gasteiger partial charge is 0.254 e. The first kappa shape index (κ1) is 16.7. The van der Waals surface area contributed by atoms with Crippen LogP contribution in [0.5, 0.6) is 5.75 Å². The maximum absolute atomic E-state index is 12.6. The van der Waals surface area contributed by atoms with Crippen LogP contribution in [0.1, 0.15) is 16.8 Å². The molecule has 1 fully saturated rings. The van der Waals surface area contributed by atoms with Gasteiger partial charge in [0.2, 0.25) is 0 Å². The van der Waals surface area contributed by atoms with Crippen molar-refractivity contribution >= 4 is 5.91 Å². The lowest BCUT2D eigenvalue weighted by Gasteiger charge is -2.39. The van der Waals surface area contributed by atoms with Gasteiger partial charge in [-0.05, 0) is 31.7 Å². The average molecular weight is 307 g/mol. The van der Waals surface area contributed by atoms with Gasteiger partial charge in [-0.3, -0.25) is 9.69 Å². The van der Waals surface area contributed by atoms with Crippen LogP contribution in [-0.2, 0) is 0 Å². The third-order valence-corrected chi connectivity index (χ3v) is 3.99. The molecule has 1 unspecified atom stereocenters. The molecule has 1 aromatic rings. The van der Waals surface area contributed by atoms with Crippen LogP contribution in [-0.4, -0.2) is 73.3 Å². The van der Waals surface area contributed by atoms with Crippen molar-refractivity contribution < 1.29 is 14.6 Å². The van der Waals surface area contributed by atoms with Gasteiger partial charge in [0.15, 0.2) is 0 Å². The molecular weight excluding hydrogens is 282 g/mol. The minimum absolute atomic E-state index is 0.00855. The lowest BCUT2D eigenvalue weighted by Crippen LogP contribution is -2.53. The second-order valence-electron chi connectivity index (χ2n) is 5.56. The molecule has 0 aliphatic carbocycles. The summed E-state index contributed by atoms with van der Waals surface area (Å²) in [7, 11) is 2.03. The third kappa shape index (κ3) is 4.19. The molecule has 1 heterocycles. The standard InChI is InChI=1S/C16H25N3O3/c1-18-7-8-19(12-14(18)5-9-20)16(21)13-3-2-4-15(11-13)22-10-6-17/h2-4,11,14,20H,5-10,12,17H2,1H3. The summed E-state index contributed by atoms with van der Waals surface area (Å²) >= 11 is 0. The minimum Gasteiger partial charge on any atom is -0.492 e. The van der Waals surface area contributed by atoms with E-state index in [1.807, 2.05) is 24.1 Å². The highest BCUT2D eigenvalue weighted by Gasteiger charge is 2.27. The normalized spacial score (nSPS) is 19.2. The van der Waals surface area contributed by atoms with Crippen molar-refractivity contribution in [3.63, 3.8) is 0 Å². The molecule has 122 valence electrons. The zero-order valence-corrected chi connectivity index (χ0v) is 13.1. The van der Waals surface area contributed by atoms with E-state index in [0.29, 0.717) is 44.0 Å². The molecule has 1 aliphatic rings. The monoisotopic (exact) mass is 307 g/mol. The number of aliphatic hydroxyl groups is 1. The highest BCUT2D eigenvalue weighted by Crippen LogP contribution is 2.18. The number of rotatable bonds is 6. The van der Waals surface area contributed by atoms with Gasteiger partial charge < -0.3 is 20.5 Å². The third-order valence-electron chi connectivity index (χ3n) is 3.99. The van der Waals surface area contributed by atoms with E-state index in [4.69, 9.17) is 15.6 Å². The minimum atomic E-state index is 0.00855. The Hall–Kier alpha value is -1.63. The van der Waals surface area contributed by atoms with Crippen molar-refractivity contribution in [1.29, 1.82) is 0 Å². The molecule has 0 bridgehead atoms. The van der Waals surface area contributed by atoms with Crippen molar-refractivity contribution in [3.05, 3.63) is 29.8 Å². The Morgan fingerprint density at radius 2 is 2.27 bits per heavy atom. The van der Waals surface area contributed by atoms with E-state index in [1.165, 1.54) is 0 Å². The van der Waals surface area contributed by atoms with Crippen LogP contribution in [0.25, 0.3) is 0 Å². The maximum atomic E-state index is 12.6. The number of hydrogen-bond acceptors (Lipinski definition) is 5. The van der Waals surface area contributed by atoms with Crippen LogP contribution in [0.4, 0.5) is 0 Å². The lowest BCUT2D eigenvalue weighted by atomic mass is 10.1. The van der Waals surface area contributed by atoms with Crippen LogP contribution < -0.4 is 10.5 Å². The zero-order valence-electron chi connectivity index (χ0n) is 13.1. The van der Waals surface area contributed by atoms with E-state index in [-0.39, 0.29) is 18.6 Å². The summed E-state index contributed by atoms with van der Waals surface area (Å²) in [6.45, 7) is 3.18. The molecular formula is C16H25N3O3. The fourth-order valence-corrected chi connectivity index (χ4v) is 2.67. The van der Waals surface area contributed by atoms with Crippen molar-refractivity contribution in [3.8, 4) is 5.75 Å². The number of carbonyl (C=O) groups excluding carboxylic acids is 1. The highest BCUT2D eigenvalue weighted by atomic mass is 16.5. The van der Waals surface area contributed by atoms with E-state index in [9.17, 15) is 4.79 Å². The first-order valence-corrected chi connectivity index (χ1v) is 7.69. The Labute approximate surface area is 131 Å². The summed E-state index contributed by atoms with van der Waals surface area (Å²) in [5.41, 5.74) is 6.05. The number of hydrogen-bond donors (Lipinski definition) is 2. The van der Waals surface area contributed by atoms with Crippen LogP contribution >= 0.6 is 0 Å². The molecule has 1 atom stereocenters. The molecule has 6 nitrogen and oxygen atoms in total. The molecule has 1 saturated heterocycles. The summed E-state index contributed by atoms with van der Waals surface area (Å²) in [4.78, 5) is 16.7. The molecule has 0 spiro atoms. The SMILES string of the molecule is CN1CCN(C(=O)c2cccc(OCCN)c2)CC1CCO. The van der Waals surface area contributed by atoms with Crippen LogP contribution in [0.15, 0.2) is 24.3 Å². The van der Waals surface area contributed by atoms with Gasteiger partial charge in [-0.25, -0.2) is 0 Å². The molecule has 1 amide bonds. The largest absolute Gasteiger partial charge is 0.492 e. The van der Waals surface area contributed by atoms with Gasteiger partial charge in [-0.15, -0.1) is 0 Å². The number of piperazine rings is 1. The van der Waals surface area contributed by atoms with Crippen molar-refractivity contribution in [2.75, 3.05) is 46.4 Å². The predicted molar refractivity (Wildman–Crippen MR) is 85.0 cm³/mol. The molecule has 0 saturated carbocycles. The molecule has 0 radical (unpaired) electrons. The average Bonchev–Trinajstić information content (AvgIpc) is 2.55. The van der Waals surface area contributed by atoms with Crippen molar-refractivity contribution in [1.82, 2.24) is 9.80 Å². The summed E-state index contributed by atoms with van der Waals surface area (Å²) in [6.07, 6.45) is 0.680. The number of aliphatic hydroxyl groups excluding tert-OH is 1. The van der Waals surface area contributed by atoms with Gasteiger partial charge in [0, 0.05) is 44.4 Å². The number of amides is 1. The Morgan fingerprint density at radius 3 is 3.00 bits per heavy atom. The van der Waals surface area contributed by atoms with Crippen LogP contribution in [0.3, 0.4) is 0 Å². The van der Waals surface area contributed by atoms with Crippen molar-refractivity contribution in [2.45, 2.75) is 12.5 Å². The summed E-state index contributed by atoms with van der Waals surface area (Å²) in [5, 5.41) is 9.14. The molecule has 1 aliphatic heterocycles. The Bertz CT molecular complexity index is 495. The molecule has 2 rings (SSSR count). The Kier molecular flexibility index (Phi) is 6.18. The van der Waals surface area contributed by atoms with Gasteiger partial charge in [-0.2, -0.15) is 0 Å². The first-order chi connectivity index (χ1) is 10.7. The van der Waals surface area contributed by atoms with Gasteiger partial charge in [0.25, 0.3) is 5.91 Å². The molecule has 3 N–H and O–H groups in total. The van der Waals surface area contributed by atoms with Gasteiger partial charge in [0.1, 0.15) is 12.4 Å². The number of nitrogens with two attached hydrogens (primary N) is 1. The quantitative estimate of drug-likeness (QED) is 0.783. The fourth-order valence-electron chi connectivity index (χ4n) is 2.67. The predicted octanol–water partition coefficient (Wildman–Crippen LogP) is 0.163. The van der Waals surface area contributed by atoms with Gasteiger partial charge in [0.05, 0.1) is 0 Å². The first-order valence-electron chi connectivity index (χ1n) is 7.69. The summed E-state index contributed by atoms with van der Waals surface area (Å²) in [5.74, 6) is 0.673. The number of benzene rings is 1. The topological polar surface area (TPSA) is 79.0 Å². The number of ether oxygens (including phenoxy) is 1. The van der Waals surface area contributed by atoms with E-state index >= 15 is 0 Å². The highest BCUT2D eigenvalue weighted by molar-refractivity contribution is 5.94. The lowest BCUT2D eigenvalue weighted by molar-refractivity contribution is 0.0500. The summed E-state index contributed by atoms with van der Waals surface area (Å²) in [6, 6.07) is 7.42. The molecule has 1 aromatic carbocycles. The molecule has 0 aromatic heterocycles. The summed E-state index contributed by atoms with van der Waals surface area (Å²) < 4.78 is 5.47. The van der Waals surface area contributed by atoms with E-state index in [0.717, 1.165) is 6.54 Å². The van der Waals surface area contributed by atoms with Gasteiger partial charge in [-0.1, -0.05) is 6.07 Å². The number of likely N-dealkylation sites (N-methyl/N-ethyl adjacent to an activating group) is 1. The van der Waals surface area contributed by atoms with Gasteiger partial charge >= 0.3 is 0 Å².